The second-order valence-corrected chi connectivity index (χ2v) is 6.16. The van der Waals surface area contributed by atoms with Crippen molar-refractivity contribution in [2.75, 3.05) is 6.54 Å². The van der Waals surface area contributed by atoms with E-state index in [1.807, 2.05) is 0 Å². The first-order valence-corrected chi connectivity index (χ1v) is 7.63. The van der Waals surface area contributed by atoms with Crippen LogP contribution in [0.15, 0.2) is 0 Å². The third-order valence-corrected chi connectivity index (χ3v) is 4.54. The Hall–Kier alpha value is -0.940. The van der Waals surface area contributed by atoms with Gasteiger partial charge in [0.15, 0.2) is 0 Å². The van der Waals surface area contributed by atoms with Gasteiger partial charge in [0.25, 0.3) is 0 Å². The molecular weight excluding hydrogens is 238 g/mol. The molecule has 2 aliphatic heterocycles. The normalized spacial score (nSPS) is 28.6. The van der Waals surface area contributed by atoms with Gasteiger partial charge in [0.1, 0.15) is 11.6 Å². The van der Waals surface area contributed by atoms with Crippen LogP contribution < -0.4 is 5.73 Å². The molecule has 1 aromatic heterocycles. The first kappa shape index (κ1) is 13.1. The van der Waals surface area contributed by atoms with Gasteiger partial charge >= 0.3 is 0 Å². The van der Waals surface area contributed by atoms with Crippen LogP contribution in [0.1, 0.15) is 69.7 Å². The van der Waals surface area contributed by atoms with E-state index in [1.54, 1.807) is 0 Å². The van der Waals surface area contributed by atoms with E-state index in [0.29, 0.717) is 12.1 Å². The first-order chi connectivity index (χ1) is 9.18. The highest BCUT2D eigenvalue weighted by atomic mass is 15.3. The summed E-state index contributed by atoms with van der Waals surface area (Å²) in [6, 6.07) is 1.07. The molecule has 0 aromatic carbocycles. The van der Waals surface area contributed by atoms with Crippen LogP contribution in [0.25, 0.3) is 0 Å². The number of nitrogens with zero attached hydrogens (tertiary/aromatic N) is 4. The topological polar surface area (TPSA) is 60.0 Å². The molecule has 19 heavy (non-hydrogen) atoms. The van der Waals surface area contributed by atoms with Gasteiger partial charge < -0.3 is 10.3 Å². The van der Waals surface area contributed by atoms with Crippen LogP contribution in [0, 0.1) is 0 Å². The summed E-state index contributed by atoms with van der Waals surface area (Å²) in [6.07, 6.45) is 5.98. The second-order valence-electron chi connectivity index (χ2n) is 6.16. The van der Waals surface area contributed by atoms with Crippen LogP contribution in [0.5, 0.6) is 0 Å². The van der Waals surface area contributed by atoms with Crippen LogP contribution in [0.2, 0.25) is 0 Å². The molecule has 2 N–H and O–H groups in total. The summed E-state index contributed by atoms with van der Waals surface area (Å²) in [5, 5.41) is 8.86. The number of rotatable bonds is 2. The molecule has 0 bridgehead atoms. The Morgan fingerprint density at radius 1 is 1.05 bits per heavy atom. The third kappa shape index (κ3) is 2.30. The van der Waals surface area contributed by atoms with Crippen molar-refractivity contribution in [3.05, 3.63) is 11.6 Å². The van der Waals surface area contributed by atoms with E-state index in [9.17, 15) is 0 Å². The molecule has 1 fully saturated rings. The molecule has 1 saturated heterocycles. The summed E-state index contributed by atoms with van der Waals surface area (Å²) in [5.41, 5.74) is 6.15. The largest absolute Gasteiger partial charge is 0.321 e. The van der Waals surface area contributed by atoms with Gasteiger partial charge in [-0.1, -0.05) is 6.42 Å². The summed E-state index contributed by atoms with van der Waals surface area (Å²) in [5.74, 6) is 2.15. The summed E-state index contributed by atoms with van der Waals surface area (Å²) in [7, 11) is 0. The van der Waals surface area contributed by atoms with Gasteiger partial charge in [-0.3, -0.25) is 4.90 Å². The number of fused-ring (bicyclic) bond motifs is 1. The van der Waals surface area contributed by atoms with Gasteiger partial charge in [-0.15, -0.1) is 10.2 Å². The zero-order valence-corrected chi connectivity index (χ0v) is 12.0. The van der Waals surface area contributed by atoms with E-state index < -0.39 is 0 Å². The standard InChI is InChI=1S/C14H25N5/c1-10(2)18-8-4-3-7-12(18)14-17-16-13-11(15)6-5-9-19(13)14/h10-12H,3-9,15H2,1-2H3. The maximum atomic E-state index is 6.15. The van der Waals surface area contributed by atoms with Gasteiger partial charge in [-0.25, -0.2) is 0 Å². The van der Waals surface area contributed by atoms with Gasteiger partial charge in [0.2, 0.25) is 0 Å². The smallest absolute Gasteiger partial charge is 0.150 e. The maximum absolute atomic E-state index is 6.15. The lowest BCUT2D eigenvalue weighted by molar-refractivity contribution is 0.102. The van der Waals surface area contributed by atoms with Crippen molar-refractivity contribution in [1.29, 1.82) is 0 Å². The van der Waals surface area contributed by atoms with Crippen LogP contribution in [-0.2, 0) is 6.54 Å². The molecule has 2 aliphatic rings. The molecule has 0 spiro atoms. The van der Waals surface area contributed by atoms with Crippen molar-refractivity contribution >= 4 is 0 Å². The van der Waals surface area contributed by atoms with E-state index >= 15 is 0 Å². The van der Waals surface area contributed by atoms with Crippen LogP contribution in [0.3, 0.4) is 0 Å². The fourth-order valence-electron chi connectivity index (χ4n) is 3.53. The monoisotopic (exact) mass is 263 g/mol. The minimum absolute atomic E-state index is 0.0751. The van der Waals surface area contributed by atoms with Gasteiger partial charge in [-0.2, -0.15) is 0 Å². The molecule has 5 heteroatoms. The second kappa shape index (κ2) is 5.21. The lowest BCUT2D eigenvalue weighted by Gasteiger charge is -2.38. The van der Waals surface area contributed by atoms with Crippen molar-refractivity contribution in [3.63, 3.8) is 0 Å². The summed E-state index contributed by atoms with van der Waals surface area (Å²) < 4.78 is 2.29. The molecule has 2 atom stereocenters. The minimum Gasteiger partial charge on any atom is -0.321 e. The Balaban J connectivity index is 1.92. The predicted octanol–water partition coefficient (Wildman–Crippen LogP) is 2.01. The SMILES string of the molecule is CC(C)N1CCCCC1c1nnc2n1CCCC2N. The number of hydrogen-bond donors (Lipinski definition) is 1. The van der Waals surface area contributed by atoms with Crippen molar-refractivity contribution in [1.82, 2.24) is 19.7 Å². The Kier molecular flexibility index (Phi) is 3.58. The van der Waals surface area contributed by atoms with E-state index in [1.165, 1.54) is 25.8 Å². The van der Waals surface area contributed by atoms with Crippen LogP contribution in [-0.4, -0.2) is 32.3 Å². The van der Waals surface area contributed by atoms with E-state index in [-0.39, 0.29) is 6.04 Å². The molecule has 5 nitrogen and oxygen atoms in total. The number of piperidine rings is 1. The lowest BCUT2D eigenvalue weighted by atomic mass is 9.99. The molecule has 0 radical (unpaired) electrons. The molecule has 0 saturated carbocycles. The fraction of sp³-hybridized carbons (Fsp3) is 0.857. The predicted molar refractivity (Wildman–Crippen MR) is 74.6 cm³/mol. The number of nitrogens with two attached hydrogens (primary N) is 1. The number of hydrogen-bond acceptors (Lipinski definition) is 4. The zero-order chi connectivity index (χ0) is 13.4. The van der Waals surface area contributed by atoms with Gasteiger partial charge in [0, 0.05) is 12.6 Å². The van der Waals surface area contributed by atoms with Crippen molar-refractivity contribution < 1.29 is 0 Å². The van der Waals surface area contributed by atoms with E-state index in [0.717, 1.165) is 31.0 Å². The molecule has 2 unspecified atom stereocenters. The van der Waals surface area contributed by atoms with Gasteiger partial charge in [0.05, 0.1) is 12.1 Å². The Labute approximate surface area is 115 Å². The van der Waals surface area contributed by atoms with E-state index in [2.05, 4.69) is 33.5 Å². The summed E-state index contributed by atoms with van der Waals surface area (Å²) >= 11 is 0. The Bertz CT molecular complexity index is 439. The quantitative estimate of drug-likeness (QED) is 0.886. The summed E-state index contributed by atoms with van der Waals surface area (Å²) in [6.45, 7) is 6.76. The van der Waals surface area contributed by atoms with Crippen molar-refractivity contribution in [3.8, 4) is 0 Å². The number of likely N-dealkylation sites (tertiary alicyclic amines) is 1. The Morgan fingerprint density at radius 3 is 2.63 bits per heavy atom. The fourth-order valence-corrected chi connectivity index (χ4v) is 3.53. The first-order valence-electron chi connectivity index (χ1n) is 7.63. The minimum atomic E-state index is 0.0751. The van der Waals surface area contributed by atoms with Crippen molar-refractivity contribution in [2.24, 2.45) is 5.73 Å². The molecular formula is C14H25N5. The average Bonchev–Trinajstić information content (AvgIpc) is 2.84. The van der Waals surface area contributed by atoms with E-state index in [4.69, 9.17) is 5.73 Å². The highest BCUT2D eigenvalue weighted by Crippen LogP contribution is 2.34. The zero-order valence-electron chi connectivity index (χ0n) is 12.0. The summed E-state index contributed by atoms with van der Waals surface area (Å²) in [4.78, 5) is 2.57. The Morgan fingerprint density at radius 2 is 1.84 bits per heavy atom. The highest BCUT2D eigenvalue weighted by Gasteiger charge is 2.32. The molecule has 1 aromatic rings. The van der Waals surface area contributed by atoms with Crippen LogP contribution >= 0.6 is 0 Å². The molecule has 0 aliphatic carbocycles. The van der Waals surface area contributed by atoms with Crippen LogP contribution in [0.4, 0.5) is 0 Å². The maximum Gasteiger partial charge on any atom is 0.150 e. The molecule has 106 valence electrons. The highest BCUT2D eigenvalue weighted by molar-refractivity contribution is 5.08. The number of aromatic nitrogens is 3. The molecule has 3 rings (SSSR count). The molecule has 0 amide bonds. The van der Waals surface area contributed by atoms with Gasteiger partial charge in [-0.05, 0) is 46.1 Å². The third-order valence-electron chi connectivity index (χ3n) is 4.54. The average molecular weight is 263 g/mol. The molecule has 3 heterocycles. The van der Waals surface area contributed by atoms with Crippen molar-refractivity contribution in [2.45, 2.75) is 70.6 Å². The lowest BCUT2D eigenvalue weighted by Crippen LogP contribution is -2.40.